The minimum atomic E-state index is -3.61. The summed E-state index contributed by atoms with van der Waals surface area (Å²) in [6.07, 6.45) is 1.10. The van der Waals surface area contributed by atoms with Gasteiger partial charge in [0.1, 0.15) is 0 Å². The highest BCUT2D eigenvalue weighted by molar-refractivity contribution is 7.92. The van der Waals surface area contributed by atoms with E-state index in [-0.39, 0.29) is 28.5 Å². The number of carbonyl (C=O) groups excluding carboxylic acids is 1. The normalized spacial score (nSPS) is 12.5. The largest absolute Gasteiger partial charge is 0.383 e. The molecule has 0 saturated heterocycles. The molecule has 152 valence electrons. The fraction of sp³-hybridized carbons (Fsp3) is 0.316. The summed E-state index contributed by atoms with van der Waals surface area (Å²) >= 11 is 12.2. The molecule has 1 N–H and O–H groups in total. The van der Waals surface area contributed by atoms with Gasteiger partial charge < -0.3 is 10.1 Å². The molecular weight excluding hydrogens is 423 g/mol. The molecule has 0 radical (unpaired) electrons. The van der Waals surface area contributed by atoms with Gasteiger partial charge >= 0.3 is 0 Å². The van der Waals surface area contributed by atoms with Crippen molar-refractivity contribution in [2.75, 3.05) is 24.3 Å². The number of anilines is 1. The Kier molecular flexibility index (Phi) is 7.71. The number of hydrogen-bond acceptors (Lipinski definition) is 4. The number of ether oxygens (including phenoxy) is 1. The van der Waals surface area contributed by atoms with Gasteiger partial charge in [0, 0.05) is 18.7 Å². The Balaban J connectivity index is 2.22. The third-order valence-corrected chi connectivity index (χ3v) is 5.87. The predicted octanol–water partition coefficient (Wildman–Crippen LogP) is 3.72. The highest BCUT2D eigenvalue weighted by atomic mass is 35.5. The first-order valence-corrected chi connectivity index (χ1v) is 11.0. The summed E-state index contributed by atoms with van der Waals surface area (Å²) in [4.78, 5) is 12.2. The molecule has 6 nitrogen and oxygen atoms in total. The summed E-state index contributed by atoms with van der Waals surface area (Å²) in [7, 11) is -2.04. The van der Waals surface area contributed by atoms with Crippen LogP contribution in [0.5, 0.6) is 0 Å². The van der Waals surface area contributed by atoms with Crippen LogP contribution in [0.4, 0.5) is 5.69 Å². The molecule has 0 saturated carbocycles. The first kappa shape index (κ1) is 22.5. The van der Waals surface area contributed by atoms with E-state index in [2.05, 4.69) is 5.32 Å². The third kappa shape index (κ3) is 5.85. The maximum atomic E-state index is 12.3. The van der Waals surface area contributed by atoms with Gasteiger partial charge in [-0.1, -0.05) is 41.4 Å². The van der Waals surface area contributed by atoms with Gasteiger partial charge in [-0.2, -0.15) is 0 Å². The molecule has 28 heavy (non-hydrogen) atoms. The van der Waals surface area contributed by atoms with Crippen molar-refractivity contribution in [2.24, 2.45) is 0 Å². The Morgan fingerprint density at radius 2 is 1.82 bits per heavy atom. The van der Waals surface area contributed by atoms with Gasteiger partial charge in [-0.25, -0.2) is 8.42 Å². The van der Waals surface area contributed by atoms with E-state index >= 15 is 0 Å². The van der Waals surface area contributed by atoms with Crippen molar-refractivity contribution in [3.8, 4) is 0 Å². The van der Waals surface area contributed by atoms with E-state index in [0.29, 0.717) is 23.4 Å². The van der Waals surface area contributed by atoms with Gasteiger partial charge in [0.15, 0.2) is 0 Å². The molecule has 1 amide bonds. The van der Waals surface area contributed by atoms with E-state index in [0.717, 1.165) is 6.26 Å². The quantitative estimate of drug-likeness (QED) is 0.672. The Bertz CT molecular complexity index is 933. The van der Waals surface area contributed by atoms with E-state index in [4.69, 9.17) is 27.9 Å². The molecule has 0 spiro atoms. The minimum absolute atomic E-state index is 0.0564. The highest BCUT2D eigenvalue weighted by Gasteiger charge is 2.21. The number of sulfonamides is 1. The Labute approximate surface area is 175 Å². The van der Waals surface area contributed by atoms with Crippen molar-refractivity contribution in [1.82, 2.24) is 5.32 Å². The second-order valence-corrected chi connectivity index (χ2v) is 9.06. The first-order valence-electron chi connectivity index (χ1n) is 8.44. The lowest BCUT2D eigenvalue weighted by Gasteiger charge is -2.24. The standard InChI is InChI=1S/C19H22Cl2N2O4S/c1-13(12-27-2)22-19(24)15-9-7-14(8-10-15)11-23(28(3,25)26)17-6-4-5-16(20)18(17)21/h4-10,13H,11-12H2,1-3H3,(H,22,24)/t13-/m0/s1. The number of nitrogens with zero attached hydrogens (tertiary/aromatic N) is 1. The van der Waals surface area contributed by atoms with Gasteiger partial charge in [-0.15, -0.1) is 0 Å². The first-order chi connectivity index (χ1) is 13.1. The fourth-order valence-corrected chi connectivity index (χ4v) is 3.93. The van der Waals surface area contributed by atoms with E-state index in [9.17, 15) is 13.2 Å². The van der Waals surface area contributed by atoms with Crippen LogP contribution in [-0.4, -0.2) is 40.3 Å². The molecule has 1 atom stereocenters. The summed E-state index contributed by atoms with van der Waals surface area (Å²) in [6.45, 7) is 2.31. The van der Waals surface area contributed by atoms with Gasteiger partial charge in [0.05, 0.1) is 35.1 Å². The van der Waals surface area contributed by atoms with Crippen molar-refractivity contribution < 1.29 is 17.9 Å². The number of halogens is 2. The molecular formula is C19H22Cl2N2O4S. The molecule has 0 aliphatic heterocycles. The molecule has 0 aromatic heterocycles. The number of methoxy groups -OCH3 is 1. The number of amides is 1. The van der Waals surface area contributed by atoms with Crippen LogP contribution in [0.15, 0.2) is 42.5 Å². The van der Waals surface area contributed by atoms with Crippen LogP contribution in [-0.2, 0) is 21.3 Å². The molecule has 0 fully saturated rings. The molecule has 0 heterocycles. The number of hydrogen-bond donors (Lipinski definition) is 1. The minimum Gasteiger partial charge on any atom is -0.383 e. The molecule has 2 aromatic rings. The zero-order valence-corrected chi connectivity index (χ0v) is 18.1. The van der Waals surface area contributed by atoms with Crippen LogP contribution in [0, 0.1) is 0 Å². The number of benzene rings is 2. The SMILES string of the molecule is COC[C@H](C)NC(=O)c1ccc(CN(c2cccc(Cl)c2Cl)S(C)(=O)=O)cc1. The van der Waals surface area contributed by atoms with Crippen LogP contribution in [0.25, 0.3) is 0 Å². The second kappa shape index (κ2) is 9.60. The van der Waals surface area contributed by atoms with Crippen molar-refractivity contribution >= 4 is 44.8 Å². The van der Waals surface area contributed by atoms with Crippen LogP contribution < -0.4 is 9.62 Å². The average molecular weight is 445 g/mol. The Hall–Kier alpha value is -1.80. The second-order valence-electron chi connectivity index (χ2n) is 6.37. The lowest BCUT2D eigenvalue weighted by molar-refractivity contribution is 0.0905. The molecule has 9 heteroatoms. The maximum Gasteiger partial charge on any atom is 0.251 e. The van der Waals surface area contributed by atoms with Crippen LogP contribution in [0.1, 0.15) is 22.8 Å². The Morgan fingerprint density at radius 3 is 2.39 bits per heavy atom. The molecule has 0 aliphatic carbocycles. The van der Waals surface area contributed by atoms with Crippen molar-refractivity contribution in [2.45, 2.75) is 19.5 Å². The predicted molar refractivity (Wildman–Crippen MR) is 113 cm³/mol. The maximum absolute atomic E-state index is 12.3. The summed E-state index contributed by atoms with van der Waals surface area (Å²) in [5.41, 5.74) is 1.47. The van der Waals surface area contributed by atoms with E-state index in [1.165, 1.54) is 4.31 Å². The van der Waals surface area contributed by atoms with Crippen LogP contribution >= 0.6 is 23.2 Å². The highest BCUT2D eigenvalue weighted by Crippen LogP contribution is 2.34. The zero-order chi connectivity index (χ0) is 20.9. The van der Waals surface area contributed by atoms with Gasteiger partial charge in [0.25, 0.3) is 5.91 Å². The smallest absolute Gasteiger partial charge is 0.251 e. The van der Waals surface area contributed by atoms with Crippen molar-refractivity contribution in [3.05, 3.63) is 63.6 Å². The third-order valence-electron chi connectivity index (χ3n) is 3.94. The number of rotatable bonds is 8. The lowest BCUT2D eigenvalue weighted by Crippen LogP contribution is -2.35. The Morgan fingerprint density at radius 1 is 1.18 bits per heavy atom. The van der Waals surface area contributed by atoms with Crippen LogP contribution in [0.3, 0.4) is 0 Å². The number of nitrogens with one attached hydrogen (secondary N) is 1. The molecule has 2 rings (SSSR count). The number of carbonyl (C=O) groups is 1. The molecule has 2 aromatic carbocycles. The van der Waals surface area contributed by atoms with E-state index in [1.807, 2.05) is 6.92 Å². The topological polar surface area (TPSA) is 75.7 Å². The monoisotopic (exact) mass is 444 g/mol. The molecule has 0 bridgehead atoms. The fourth-order valence-electron chi connectivity index (χ4n) is 2.59. The average Bonchev–Trinajstić information content (AvgIpc) is 2.62. The van der Waals surface area contributed by atoms with E-state index < -0.39 is 10.0 Å². The van der Waals surface area contributed by atoms with Crippen molar-refractivity contribution in [3.63, 3.8) is 0 Å². The van der Waals surface area contributed by atoms with Crippen LogP contribution in [0.2, 0.25) is 10.0 Å². The van der Waals surface area contributed by atoms with Gasteiger partial charge in [-0.3, -0.25) is 9.10 Å². The van der Waals surface area contributed by atoms with Gasteiger partial charge in [0.2, 0.25) is 10.0 Å². The summed E-state index contributed by atoms with van der Waals surface area (Å²) in [5, 5.41) is 3.25. The summed E-state index contributed by atoms with van der Waals surface area (Å²) < 4.78 is 30.8. The zero-order valence-electron chi connectivity index (χ0n) is 15.8. The molecule has 0 unspecified atom stereocenters. The van der Waals surface area contributed by atoms with Gasteiger partial charge in [-0.05, 0) is 36.8 Å². The summed E-state index contributed by atoms with van der Waals surface area (Å²) in [6, 6.07) is 11.4. The van der Waals surface area contributed by atoms with E-state index in [1.54, 1.807) is 49.6 Å². The lowest BCUT2D eigenvalue weighted by atomic mass is 10.1. The summed E-state index contributed by atoms with van der Waals surface area (Å²) in [5.74, 6) is -0.228. The molecule has 0 aliphatic rings. The van der Waals surface area contributed by atoms with Crippen molar-refractivity contribution in [1.29, 1.82) is 0 Å².